The SMILES string of the molecule is CC(=O)N1N=C(c2ccc(-n3nc(C)n(N4C(=O)C(Cl)C4C)c3=O)cc2)CC1c1ccc([N+](=O)[O-])cc1. The van der Waals surface area contributed by atoms with Gasteiger partial charge in [-0.05, 0) is 37.1 Å². The Hall–Kier alpha value is -4.32. The summed E-state index contributed by atoms with van der Waals surface area (Å²) in [6.45, 7) is 4.80. The largest absolute Gasteiger partial charge is 0.370 e. The van der Waals surface area contributed by atoms with E-state index in [9.17, 15) is 24.5 Å². The van der Waals surface area contributed by atoms with E-state index in [1.807, 2.05) is 0 Å². The maximum absolute atomic E-state index is 13.1. The van der Waals surface area contributed by atoms with Crippen molar-refractivity contribution in [1.29, 1.82) is 0 Å². The van der Waals surface area contributed by atoms with Crippen LogP contribution in [-0.2, 0) is 9.59 Å². The molecular weight excluding hydrogens is 502 g/mol. The van der Waals surface area contributed by atoms with Crippen LogP contribution in [-0.4, -0.2) is 53.3 Å². The fourth-order valence-corrected chi connectivity index (χ4v) is 4.78. The molecule has 2 aromatic carbocycles. The van der Waals surface area contributed by atoms with Crippen LogP contribution in [0.2, 0.25) is 0 Å². The summed E-state index contributed by atoms with van der Waals surface area (Å²) in [7, 11) is 0. The summed E-state index contributed by atoms with van der Waals surface area (Å²) in [6.07, 6.45) is 0.416. The molecule has 2 amide bonds. The predicted molar refractivity (Wildman–Crippen MR) is 134 cm³/mol. The molecule has 0 radical (unpaired) electrons. The minimum Gasteiger partial charge on any atom is -0.273 e. The zero-order valence-electron chi connectivity index (χ0n) is 20.1. The first-order valence-electron chi connectivity index (χ1n) is 11.5. The Kier molecular flexibility index (Phi) is 5.91. The summed E-state index contributed by atoms with van der Waals surface area (Å²) in [5, 5.41) is 21.8. The lowest BCUT2D eigenvalue weighted by atomic mass is 9.98. The van der Waals surface area contributed by atoms with Crippen molar-refractivity contribution in [3.8, 4) is 5.69 Å². The summed E-state index contributed by atoms with van der Waals surface area (Å²) in [4.78, 5) is 48.0. The van der Waals surface area contributed by atoms with Crippen molar-refractivity contribution in [2.24, 2.45) is 5.10 Å². The molecule has 2 aliphatic rings. The van der Waals surface area contributed by atoms with Crippen molar-refractivity contribution < 1.29 is 14.5 Å². The molecule has 0 bridgehead atoms. The van der Waals surface area contributed by atoms with E-state index >= 15 is 0 Å². The number of hydrogen-bond donors (Lipinski definition) is 0. The molecule has 3 atom stereocenters. The Balaban J connectivity index is 1.40. The van der Waals surface area contributed by atoms with E-state index in [2.05, 4.69) is 10.2 Å². The first-order valence-corrected chi connectivity index (χ1v) is 11.9. The number of non-ortho nitro benzene ring substituents is 1. The minimum absolute atomic E-state index is 0.0313. The number of rotatable bonds is 5. The van der Waals surface area contributed by atoms with Crippen LogP contribution in [0, 0.1) is 17.0 Å². The maximum Gasteiger partial charge on any atom is 0.370 e. The molecule has 3 aromatic rings. The van der Waals surface area contributed by atoms with Crippen molar-refractivity contribution >= 4 is 34.8 Å². The van der Waals surface area contributed by atoms with Gasteiger partial charge in [-0.25, -0.2) is 14.8 Å². The van der Waals surface area contributed by atoms with E-state index in [1.54, 1.807) is 50.2 Å². The smallest absolute Gasteiger partial charge is 0.273 e. The lowest BCUT2D eigenvalue weighted by Gasteiger charge is -2.41. The zero-order valence-corrected chi connectivity index (χ0v) is 20.9. The van der Waals surface area contributed by atoms with Gasteiger partial charge in [-0.15, -0.1) is 16.7 Å². The number of nitro benzene ring substituents is 1. The molecule has 3 unspecified atom stereocenters. The van der Waals surface area contributed by atoms with Gasteiger partial charge in [-0.2, -0.15) is 14.5 Å². The third-order valence-electron chi connectivity index (χ3n) is 6.57. The first-order chi connectivity index (χ1) is 17.6. The van der Waals surface area contributed by atoms with Gasteiger partial charge >= 0.3 is 5.69 Å². The average Bonchev–Trinajstić information content (AvgIpc) is 3.46. The molecule has 3 heterocycles. The topological polar surface area (TPSA) is 136 Å². The number of aromatic nitrogens is 3. The van der Waals surface area contributed by atoms with E-state index in [1.165, 1.54) is 38.4 Å². The molecule has 0 spiro atoms. The van der Waals surface area contributed by atoms with Crippen molar-refractivity contribution in [3.63, 3.8) is 0 Å². The van der Waals surface area contributed by atoms with Gasteiger partial charge in [0.25, 0.3) is 11.6 Å². The van der Waals surface area contributed by atoms with Gasteiger partial charge in [0.05, 0.1) is 28.4 Å². The van der Waals surface area contributed by atoms with E-state index in [0.29, 0.717) is 23.6 Å². The number of carbonyl (C=O) groups excluding carboxylic acids is 2. The van der Waals surface area contributed by atoms with E-state index < -0.39 is 22.0 Å². The molecule has 2 aliphatic heterocycles. The fourth-order valence-electron chi connectivity index (χ4n) is 4.58. The molecule has 5 rings (SSSR count). The molecular formula is C24H22ClN7O5. The first kappa shape index (κ1) is 24.4. The van der Waals surface area contributed by atoms with Crippen LogP contribution in [0.5, 0.6) is 0 Å². The Bertz CT molecular complexity index is 1510. The summed E-state index contributed by atoms with van der Waals surface area (Å²) in [5.41, 5.74) is 2.11. The highest BCUT2D eigenvalue weighted by atomic mass is 35.5. The third kappa shape index (κ3) is 3.99. The molecule has 0 N–H and O–H groups in total. The predicted octanol–water partition coefficient (Wildman–Crippen LogP) is 2.42. The molecule has 0 aliphatic carbocycles. The second-order valence-corrected chi connectivity index (χ2v) is 9.37. The Morgan fingerprint density at radius 3 is 2.32 bits per heavy atom. The molecule has 37 heavy (non-hydrogen) atoms. The number of nitro groups is 1. The number of alkyl halides is 1. The third-order valence-corrected chi connectivity index (χ3v) is 7.12. The van der Waals surface area contributed by atoms with Crippen LogP contribution >= 0.6 is 11.6 Å². The number of β-lactam (4-membered cyclic amide) rings is 1. The van der Waals surface area contributed by atoms with Gasteiger partial charge in [0.1, 0.15) is 5.38 Å². The number of carbonyl (C=O) groups is 2. The normalized spacial score (nSPS) is 21.1. The van der Waals surface area contributed by atoms with Crippen LogP contribution < -0.4 is 10.7 Å². The number of benzene rings is 2. The van der Waals surface area contributed by atoms with Gasteiger partial charge in [-0.1, -0.05) is 24.3 Å². The van der Waals surface area contributed by atoms with Crippen LogP contribution in [0.1, 0.15) is 43.3 Å². The Morgan fingerprint density at radius 1 is 1.11 bits per heavy atom. The lowest BCUT2D eigenvalue weighted by molar-refractivity contribution is -0.384. The molecule has 12 nitrogen and oxygen atoms in total. The highest BCUT2D eigenvalue weighted by Gasteiger charge is 2.46. The average molecular weight is 524 g/mol. The van der Waals surface area contributed by atoms with Crippen molar-refractivity contribution in [1.82, 2.24) is 19.5 Å². The fraction of sp³-hybridized carbons (Fsp3) is 0.292. The van der Waals surface area contributed by atoms with E-state index in [0.717, 1.165) is 11.1 Å². The van der Waals surface area contributed by atoms with E-state index in [-0.39, 0.29) is 23.5 Å². The number of halogens is 1. The van der Waals surface area contributed by atoms with Gasteiger partial charge in [0, 0.05) is 25.5 Å². The summed E-state index contributed by atoms with van der Waals surface area (Å²) >= 11 is 6.00. The summed E-state index contributed by atoms with van der Waals surface area (Å²) < 4.78 is 2.43. The van der Waals surface area contributed by atoms with Crippen LogP contribution in [0.4, 0.5) is 5.69 Å². The zero-order chi connectivity index (χ0) is 26.6. The molecule has 1 fully saturated rings. The monoisotopic (exact) mass is 523 g/mol. The van der Waals surface area contributed by atoms with Crippen LogP contribution in [0.25, 0.3) is 5.69 Å². The highest BCUT2D eigenvalue weighted by Crippen LogP contribution is 2.33. The highest BCUT2D eigenvalue weighted by molar-refractivity contribution is 6.36. The van der Waals surface area contributed by atoms with Gasteiger partial charge in [-0.3, -0.25) is 19.7 Å². The number of nitrogens with zero attached hydrogens (tertiary/aromatic N) is 7. The number of aryl methyl sites for hydroxylation is 1. The second-order valence-electron chi connectivity index (χ2n) is 8.90. The van der Waals surface area contributed by atoms with Gasteiger partial charge in [0.15, 0.2) is 5.82 Å². The quantitative estimate of drug-likeness (QED) is 0.218. The maximum atomic E-state index is 13.1. The van der Waals surface area contributed by atoms with Crippen molar-refractivity contribution in [2.45, 2.75) is 44.7 Å². The Labute approximate surface area is 215 Å². The lowest BCUT2D eigenvalue weighted by Crippen LogP contribution is -2.68. The molecule has 13 heteroatoms. The summed E-state index contributed by atoms with van der Waals surface area (Å²) in [5.74, 6) is -0.261. The van der Waals surface area contributed by atoms with E-state index in [4.69, 9.17) is 11.6 Å². The number of hydrogen-bond acceptors (Lipinski definition) is 7. The van der Waals surface area contributed by atoms with Gasteiger partial charge < -0.3 is 0 Å². The molecule has 1 saturated heterocycles. The number of hydrazone groups is 1. The van der Waals surface area contributed by atoms with Crippen molar-refractivity contribution in [2.75, 3.05) is 5.01 Å². The van der Waals surface area contributed by atoms with Crippen LogP contribution in [0.15, 0.2) is 58.4 Å². The van der Waals surface area contributed by atoms with Gasteiger partial charge in [0.2, 0.25) is 5.91 Å². The Morgan fingerprint density at radius 2 is 1.76 bits per heavy atom. The standard InChI is InChI=1S/C24H22ClN7O5/c1-13-22(25)23(34)30(13)31-14(2)26-29(24(31)35)18-8-4-16(5-9-18)20-12-21(28(27-20)15(3)33)17-6-10-19(11-7-17)32(36)37/h4-11,13,21-22H,12H2,1-3H3. The second kappa shape index (κ2) is 8.96. The molecule has 190 valence electrons. The number of amides is 2. The molecule has 0 saturated carbocycles. The summed E-state index contributed by atoms with van der Waals surface area (Å²) in [6, 6.07) is 12.3. The minimum atomic E-state index is -0.675. The van der Waals surface area contributed by atoms with Crippen molar-refractivity contribution in [3.05, 3.63) is 86.1 Å². The van der Waals surface area contributed by atoms with Crippen LogP contribution in [0.3, 0.4) is 0 Å². The molecule has 1 aromatic heterocycles.